The highest BCUT2D eigenvalue weighted by Gasteiger charge is 2.35. The Morgan fingerprint density at radius 2 is 1.61 bits per heavy atom. The molecular weight excluding hydrogens is 449 g/mol. The third-order valence-electron chi connectivity index (χ3n) is 5.18. The Kier molecular flexibility index (Phi) is 7.16. The molecule has 5 nitrogen and oxygen atoms in total. The minimum absolute atomic E-state index is 0.254. The van der Waals surface area contributed by atoms with Crippen LogP contribution in [0.5, 0.6) is 5.75 Å². The van der Waals surface area contributed by atoms with Gasteiger partial charge in [-0.25, -0.2) is 4.67 Å². The first kappa shape index (κ1) is 22.1. The fraction of sp³-hybridized carbons (Fsp3) is 0.217. The molecule has 162 valence electrons. The molecule has 31 heavy (non-hydrogen) atoms. The Labute approximate surface area is 193 Å². The fourth-order valence-corrected chi connectivity index (χ4v) is 7.49. The average molecular weight is 474 g/mol. The van der Waals surface area contributed by atoms with Crippen molar-refractivity contribution < 1.29 is 9.84 Å². The van der Waals surface area contributed by atoms with Crippen LogP contribution in [0.4, 0.5) is 11.4 Å². The second kappa shape index (κ2) is 10.0. The van der Waals surface area contributed by atoms with Gasteiger partial charge in [0.05, 0.1) is 19.8 Å². The molecule has 3 aromatic carbocycles. The summed E-state index contributed by atoms with van der Waals surface area (Å²) in [4.78, 5) is 0. The molecular formula is C23H25ClN3O2PS. The summed E-state index contributed by atoms with van der Waals surface area (Å²) < 4.78 is 10.1. The van der Waals surface area contributed by atoms with Crippen LogP contribution in [0, 0.1) is 0 Å². The predicted octanol–water partition coefficient (Wildman–Crippen LogP) is 5.72. The second-order valence-corrected chi connectivity index (χ2v) is 11.6. The Hall–Kier alpha value is -2.08. The van der Waals surface area contributed by atoms with E-state index in [9.17, 15) is 5.11 Å². The largest absolute Gasteiger partial charge is 0.508 e. The molecule has 0 aliphatic carbocycles. The molecule has 1 heterocycles. The number of para-hydroxylation sites is 2. The molecule has 0 amide bonds. The lowest BCUT2D eigenvalue weighted by Gasteiger charge is -2.45. The van der Waals surface area contributed by atoms with Crippen molar-refractivity contribution in [2.45, 2.75) is 6.54 Å². The van der Waals surface area contributed by atoms with Crippen LogP contribution in [0.3, 0.4) is 0 Å². The minimum atomic E-state index is -2.53. The number of benzene rings is 3. The van der Waals surface area contributed by atoms with Crippen molar-refractivity contribution in [1.82, 2.24) is 4.67 Å². The van der Waals surface area contributed by atoms with Crippen LogP contribution in [-0.4, -0.2) is 36.1 Å². The standard InChI is InChI=1S/C23H25ClN3O2PS/c24-20-10-12-22(13-11-20)27(18-19-6-4-5-9-23(19)28)30(31,26-14-16-29-17-15-26)25-21-7-2-1-3-8-21/h1-13,28H,14-18H2,(H,25,31). The van der Waals surface area contributed by atoms with Crippen molar-refractivity contribution in [3.05, 3.63) is 89.4 Å². The Bertz CT molecular complexity index is 1050. The monoisotopic (exact) mass is 473 g/mol. The van der Waals surface area contributed by atoms with Crippen molar-refractivity contribution in [3.8, 4) is 5.75 Å². The third-order valence-corrected chi connectivity index (χ3v) is 9.74. The van der Waals surface area contributed by atoms with E-state index in [1.54, 1.807) is 6.07 Å². The van der Waals surface area contributed by atoms with Gasteiger partial charge in [0.15, 0.2) is 6.49 Å². The Balaban J connectivity index is 1.80. The molecule has 1 atom stereocenters. The van der Waals surface area contributed by atoms with Crippen LogP contribution in [0.15, 0.2) is 78.9 Å². The zero-order valence-corrected chi connectivity index (χ0v) is 19.5. The van der Waals surface area contributed by atoms with E-state index in [1.807, 2.05) is 72.8 Å². The number of morpholine rings is 1. The van der Waals surface area contributed by atoms with Crippen molar-refractivity contribution in [1.29, 1.82) is 0 Å². The summed E-state index contributed by atoms with van der Waals surface area (Å²) in [7, 11) is 0. The fourth-order valence-electron chi connectivity index (χ4n) is 3.55. The summed E-state index contributed by atoms with van der Waals surface area (Å²) in [6.07, 6.45) is 0. The molecule has 0 spiro atoms. The van der Waals surface area contributed by atoms with Gasteiger partial charge >= 0.3 is 0 Å². The van der Waals surface area contributed by atoms with Gasteiger partial charge in [0, 0.05) is 35.1 Å². The van der Waals surface area contributed by atoms with Gasteiger partial charge < -0.3 is 19.6 Å². The molecule has 1 saturated heterocycles. The molecule has 1 aliphatic heterocycles. The Morgan fingerprint density at radius 3 is 2.29 bits per heavy atom. The highest BCUT2D eigenvalue weighted by Crippen LogP contribution is 2.56. The average Bonchev–Trinajstić information content (AvgIpc) is 2.80. The van der Waals surface area contributed by atoms with E-state index >= 15 is 0 Å². The minimum Gasteiger partial charge on any atom is -0.508 e. The van der Waals surface area contributed by atoms with E-state index in [-0.39, 0.29) is 5.75 Å². The van der Waals surface area contributed by atoms with Gasteiger partial charge in [-0.15, -0.1) is 0 Å². The number of hydrogen-bond acceptors (Lipinski definition) is 3. The van der Waals surface area contributed by atoms with Crippen LogP contribution in [0.25, 0.3) is 0 Å². The third kappa shape index (κ3) is 5.22. The summed E-state index contributed by atoms with van der Waals surface area (Å²) in [5.41, 5.74) is 2.73. The molecule has 1 fully saturated rings. The highest BCUT2D eigenvalue weighted by atomic mass is 35.5. The predicted molar refractivity (Wildman–Crippen MR) is 132 cm³/mol. The Morgan fingerprint density at radius 1 is 0.968 bits per heavy atom. The molecule has 8 heteroatoms. The van der Waals surface area contributed by atoms with Gasteiger partial charge in [-0.05, 0) is 54.3 Å². The van der Waals surface area contributed by atoms with Gasteiger partial charge in [0.25, 0.3) is 0 Å². The van der Waals surface area contributed by atoms with E-state index in [0.717, 1.165) is 30.0 Å². The summed E-state index contributed by atoms with van der Waals surface area (Å²) in [5, 5.41) is 14.8. The quantitative estimate of drug-likeness (QED) is 0.428. The zero-order chi connectivity index (χ0) is 21.7. The number of nitrogens with zero attached hydrogens (tertiary/aromatic N) is 2. The number of anilines is 2. The number of hydrogen-bond donors (Lipinski definition) is 2. The normalized spacial score (nSPS) is 16.4. The van der Waals surface area contributed by atoms with Gasteiger partial charge in [-0.2, -0.15) is 0 Å². The van der Waals surface area contributed by atoms with E-state index in [2.05, 4.69) is 14.4 Å². The van der Waals surface area contributed by atoms with E-state index in [0.29, 0.717) is 24.8 Å². The molecule has 1 unspecified atom stereocenters. The first-order chi connectivity index (χ1) is 15.1. The lowest BCUT2D eigenvalue weighted by atomic mass is 10.2. The first-order valence-corrected chi connectivity index (χ1v) is 13.2. The lowest BCUT2D eigenvalue weighted by molar-refractivity contribution is 0.0746. The topological polar surface area (TPSA) is 48.0 Å². The molecule has 0 aromatic heterocycles. The molecule has 4 rings (SSSR count). The molecule has 1 aliphatic rings. The number of ether oxygens (including phenoxy) is 1. The zero-order valence-electron chi connectivity index (χ0n) is 17.0. The number of nitrogens with one attached hydrogen (secondary N) is 1. The number of phenols is 1. The van der Waals surface area contributed by atoms with Gasteiger partial charge in [0.1, 0.15) is 5.75 Å². The van der Waals surface area contributed by atoms with E-state index < -0.39 is 6.49 Å². The van der Waals surface area contributed by atoms with Crippen LogP contribution in [-0.2, 0) is 23.1 Å². The number of rotatable bonds is 7. The number of halogens is 1. The van der Waals surface area contributed by atoms with Crippen LogP contribution in [0.2, 0.25) is 5.02 Å². The molecule has 0 radical (unpaired) electrons. The molecule has 2 N–H and O–H groups in total. The summed E-state index contributed by atoms with van der Waals surface area (Å²) in [6.45, 7) is 0.681. The summed E-state index contributed by atoms with van der Waals surface area (Å²) >= 11 is 12.6. The van der Waals surface area contributed by atoms with Gasteiger partial charge in [-0.1, -0.05) is 48.0 Å². The van der Waals surface area contributed by atoms with Crippen LogP contribution in [0.1, 0.15) is 5.56 Å². The van der Waals surface area contributed by atoms with Crippen LogP contribution < -0.4 is 9.76 Å². The van der Waals surface area contributed by atoms with Crippen molar-refractivity contribution in [3.63, 3.8) is 0 Å². The molecule has 3 aromatic rings. The molecule has 0 saturated carbocycles. The van der Waals surface area contributed by atoms with Gasteiger partial charge in [-0.3, -0.25) is 0 Å². The smallest absolute Gasteiger partial charge is 0.192 e. The maximum Gasteiger partial charge on any atom is 0.192 e. The maximum absolute atomic E-state index is 10.5. The lowest BCUT2D eigenvalue weighted by Crippen LogP contribution is -2.41. The molecule has 0 bridgehead atoms. The first-order valence-electron chi connectivity index (χ1n) is 10.1. The van der Waals surface area contributed by atoms with Crippen LogP contribution >= 0.6 is 18.1 Å². The summed E-state index contributed by atoms with van der Waals surface area (Å²) in [5.74, 6) is 0.254. The number of aromatic hydroxyl groups is 1. The number of phenolic OH excluding ortho intramolecular Hbond substituents is 1. The van der Waals surface area contributed by atoms with Crippen molar-refractivity contribution in [2.24, 2.45) is 0 Å². The van der Waals surface area contributed by atoms with E-state index in [1.165, 1.54) is 0 Å². The van der Waals surface area contributed by atoms with Crippen molar-refractivity contribution >= 4 is 41.3 Å². The summed E-state index contributed by atoms with van der Waals surface area (Å²) in [6, 6.07) is 25.1. The van der Waals surface area contributed by atoms with Crippen molar-refractivity contribution in [2.75, 3.05) is 36.1 Å². The SMILES string of the molecule is Oc1ccccc1CN(c1ccc(Cl)cc1)P(=S)(Nc1ccccc1)N1CCOCC1. The maximum atomic E-state index is 10.5. The highest BCUT2D eigenvalue weighted by molar-refractivity contribution is 8.14. The van der Waals surface area contributed by atoms with Gasteiger partial charge in [0.2, 0.25) is 0 Å². The van der Waals surface area contributed by atoms with E-state index in [4.69, 9.17) is 28.1 Å². The second-order valence-electron chi connectivity index (χ2n) is 7.25.